The van der Waals surface area contributed by atoms with Gasteiger partial charge >= 0.3 is 53.7 Å². The minimum absolute atomic E-state index is 0.0150. The van der Waals surface area contributed by atoms with Crippen LogP contribution >= 0.6 is 0 Å². The van der Waals surface area contributed by atoms with Crippen LogP contribution in [0.2, 0.25) is 0 Å². The maximum absolute atomic E-state index is 14.8. The van der Waals surface area contributed by atoms with Gasteiger partial charge in [-0.15, -0.1) is 0 Å². The lowest BCUT2D eigenvalue weighted by molar-refractivity contribution is -0.132. The molecule has 0 bridgehead atoms. The lowest BCUT2D eigenvalue weighted by Crippen LogP contribution is -2.14. The smallest absolute Gasteiger partial charge is 0.338 e. The van der Waals surface area contributed by atoms with Crippen LogP contribution in [-0.4, -0.2) is 53.7 Å². The van der Waals surface area contributed by atoms with Crippen LogP contribution in [0.4, 0.5) is 13.2 Å². The van der Waals surface area contributed by atoms with Crippen molar-refractivity contribution in [3.63, 3.8) is 0 Å². The molecule has 6 aromatic rings. The van der Waals surface area contributed by atoms with Crippen molar-refractivity contribution in [2.24, 2.45) is 0 Å². The van der Waals surface area contributed by atoms with Crippen molar-refractivity contribution in [2.75, 3.05) is 0 Å². The highest BCUT2D eigenvalue weighted by molar-refractivity contribution is 5.95. The van der Waals surface area contributed by atoms with Gasteiger partial charge in [0, 0.05) is 50.2 Å². The highest BCUT2D eigenvalue weighted by Gasteiger charge is 2.24. The average molecular weight is 1270 g/mol. The van der Waals surface area contributed by atoms with Crippen LogP contribution in [0.1, 0.15) is 62.3 Å². The summed E-state index contributed by atoms with van der Waals surface area (Å²) in [6.07, 6.45) is 0. The van der Waals surface area contributed by atoms with E-state index in [-0.39, 0.29) is 96.2 Å². The quantitative estimate of drug-likeness (QED) is 0.0370. The minimum Gasteiger partial charge on any atom is -0.423 e. The summed E-state index contributed by atoms with van der Waals surface area (Å²) in [5.41, 5.74) is 3.78. The summed E-state index contributed by atoms with van der Waals surface area (Å²) in [5.74, 6) is -10.3. The standard InChI is InChI=1S/3C24H21FO6/c2*1-13(2)22(26)29-19-9-7-16(11-18(19)25)17-8-10-20(30-23(27)14(3)4)21(12-17)31-24(28)15(5)6;1-13(2)22(26)29-18-9-7-16(8-10-18)17-11-19(25)21(31-24(28)15(5)6)20(12-17)30-23(27)14(3)4/h3*7-12H,1,3,5H2,2,4,6H3. The third-order valence-electron chi connectivity index (χ3n) is 11.6. The summed E-state index contributed by atoms with van der Waals surface area (Å²) in [4.78, 5) is 106. The van der Waals surface area contributed by atoms with Crippen LogP contribution in [0, 0.1) is 17.5 Å². The fraction of sp³-hybridized carbons (Fsp3) is 0.125. The molecule has 18 nitrogen and oxygen atoms in total. The maximum Gasteiger partial charge on any atom is 0.338 e. The number of hydrogen-bond acceptors (Lipinski definition) is 18. The molecule has 21 heteroatoms. The van der Waals surface area contributed by atoms with Crippen molar-refractivity contribution in [3.8, 4) is 85.1 Å². The Morgan fingerprint density at radius 3 is 0.774 bits per heavy atom. The Morgan fingerprint density at radius 2 is 0.462 bits per heavy atom. The molecule has 93 heavy (non-hydrogen) atoms. The van der Waals surface area contributed by atoms with Gasteiger partial charge in [0.2, 0.25) is 5.75 Å². The third-order valence-corrected chi connectivity index (χ3v) is 11.6. The number of benzene rings is 6. The zero-order valence-electron chi connectivity index (χ0n) is 52.2. The molecule has 0 aliphatic rings. The van der Waals surface area contributed by atoms with E-state index < -0.39 is 76.9 Å². The van der Waals surface area contributed by atoms with E-state index in [1.54, 1.807) is 24.3 Å². The summed E-state index contributed by atoms with van der Waals surface area (Å²) in [6, 6.07) is 25.3. The Kier molecular flexibility index (Phi) is 26.1. The van der Waals surface area contributed by atoms with Gasteiger partial charge in [0.25, 0.3) is 0 Å². The Bertz CT molecular complexity index is 3990. The molecular formula is C72H63F3O18. The summed E-state index contributed by atoms with van der Waals surface area (Å²) in [5, 5.41) is 0. The number of halogens is 3. The van der Waals surface area contributed by atoms with Gasteiger partial charge in [-0.05, 0) is 168 Å². The van der Waals surface area contributed by atoms with Crippen molar-refractivity contribution in [1.82, 2.24) is 0 Å². The number of esters is 9. The number of ether oxygens (including phenoxy) is 9. The monoisotopic (exact) mass is 1270 g/mol. The van der Waals surface area contributed by atoms with E-state index in [1.807, 2.05) is 0 Å². The van der Waals surface area contributed by atoms with E-state index >= 15 is 0 Å². The molecule has 0 unspecified atom stereocenters. The molecule has 6 aromatic carbocycles. The molecule has 0 atom stereocenters. The molecule has 0 amide bonds. The highest BCUT2D eigenvalue weighted by Crippen LogP contribution is 2.39. The normalized spacial score (nSPS) is 10.1. The molecule has 480 valence electrons. The summed E-state index contributed by atoms with van der Waals surface area (Å²) < 4.78 is 89.8. The molecule has 6 rings (SSSR count). The van der Waals surface area contributed by atoms with Crippen molar-refractivity contribution >= 4 is 53.7 Å². The van der Waals surface area contributed by atoms with Crippen molar-refractivity contribution < 1.29 is 99.0 Å². The molecule has 0 saturated heterocycles. The van der Waals surface area contributed by atoms with Gasteiger partial charge in [0.1, 0.15) is 5.75 Å². The van der Waals surface area contributed by atoms with Crippen LogP contribution in [0.3, 0.4) is 0 Å². The van der Waals surface area contributed by atoms with E-state index in [1.165, 1.54) is 129 Å². The fourth-order valence-electron chi connectivity index (χ4n) is 6.54. The Hall–Kier alpha value is -12.0. The maximum atomic E-state index is 14.8. The van der Waals surface area contributed by atoms with E-state index in [4.69, 9.17) is 42.6 Å². The van der Waals surface area contributed by atoms with Crippen LogP contribution < -0.4 is 42.6 Å². The summed E-state index contributed by atoms with van der Waals surface area (Å²) in [7, 11) is 0. The van der Waals surface area contributed by atoms with Gasteiger partial charge in [-0.3, -0.25) is 0 Å². The number of carbonyl (C=O) groups is 9. The second kappa shape index (κ2) is 33.0. The van der Waals surface area contributed by atoms with Crippen molar-refractivity contribution in [2.45, 2.75) is 62.3 Å². The predicted octanol–water partition coefficient (Wildman–Crippen LogP) is 14.8. The molecule has 0 heterocycles. The molecular weight excluding hydrogens is 1210 g/mol. The number of rotatable bonds is 21. The van der Waals surface area contributed by atoms with E-state index in [0.29, 0.717) is 33.4 Å². The number of hydrogen-bond donors (Lipinski definition) is 0. The van der Waals surface area contributed by atoms with E-state index in [9.17, 15) is 56.3 Å². The Labute approximate surface area is 534 Å². The zero-order chi connectivity index (χ0) is 69.9. The van der Waals surface area contributed by atoms with Gasteiger partial charge in [0.15, 0.2) is 57.7 Å². The van der Waals surface area contributed by atoms with Gasteiger partial charge in [-0.2, -0.15) is 0 Å². The van der Waals surface area contributed by atoms with Gasteiger partial charge in [-0.25, -0.2) is 56.3 Å². The fourth-order valence-corrected chi connectivity index (χ4v) is 6.54. The lowest BCUT2D eigenvalue weighted by Gasteiger charge is -2.14. The van der Waals surface area contributed by atoms with Gasteiger partial charge < -0.3 is 42.6 Å². The second-order valence-electron chi connectivity index (χ2n) is 20.5. The first-order chi connectivity index (χ1) is 43.5. The summed E-state index contributed by atoms with van der Waals surface area (Å²) in [6.45, 7) is 44.5. The second-order valence-corrected chi connectivity index (χ2v) is 20.5. The average Bonchev–Trinajstić information content (AvgIpc) is 0.918. The predicted molar refractivity (Wildman–Crippen MR) is 340 cm³/mol. The molecule has 0 saturated carbocycles. The van der Waals surface area contributed by atoms with Crippen LogP contribution in [-0.2, 0) is 43.2 Å². The minimum atomic E-state index is -0.922. The number of carbonyl (C=O) groups excluding carboxylic acids is 9. The first-order valence-corrected chi connectivity index (χ1v) is 27.2. The summed E-state index contributed by atoms with van der Waals surface area (Å²) >= 11 is 0. The van der Waals surface area contributed by atoms with E-state index in [0.717, 1.165) is 18.2 Å². The molecule has 0 aromatic heterocycles. The molecule has 0 fully saturated rings. The Morgan fingerprint density at radius 1 is 0.237 bits per heavy atom. The lowest BCUT2D eigenvalue weighted by atomic mass is 10.0. The topological polar surface area (TPSA) is 237 Å². The van der Waals surface area contributed by atoms with Crippen LogP contribution in [0.25, 0.3) is 33.4 Å². The van der Waals surface area contributed by atoms with Crippen molar-refractivity contribution in [3.05, 3.63) is 236 Å². The molecule has 0 aliphatic heterocycles. The van der Waals surface area contributed by atoms with Crippen molar-refractivity contribution in [1.29, 1.82) is 0 Å². The molecule has 0 spiro atoms. The van der Waals surface area contributed by atoms with Gasteiger partial charge in [0.05, 0.1) is 0 Å². The molecule has 0 aliphatic carbocycles. The SMILES string of the molecule is C=C(C)C(=O)Oc1ccc(-c2cc(F)c(OC(=O)C(=C)C)c(OC(=O)C(=C)C)c2)cc1.C=C(C)C(=O)Oc1ccc(-c2ccc(OC(=O)C(=C)C)c(OC(=O)C(=C)C)c2)cc1F.C=C(C)C(=O)Oc1ccc(-c2ccc(OC(=O)C(=C)C)c(OC(=O)C(=C)C)c2)cc1F. The van der Waals surface area contributed by atoms with Crippen LogP contribution in [0.5, 0.6) is 51.7 Å². The highest BCUT2D eigenvalue weighted by atomic mass is 19.1. The van der Waals surface area contributed by atoms with Crippen LogP contribution in [0.15, 0.2) is 219 Å². The first kappa shape index (κ1) is 73.5. The zero-order valence-corrected chi connectivity index (χ0v) is 52.2. The molecule has 0 radical (unpaired) electrons. The van der Waals surface area contributed by atoms with Gasteiger partial charge in [-0.1, -0.05) is 95.6 Å². The Balaban J connectivity index is 0.000000297. The van der Waals surface area contributed by atoms with E-state index in [2.05, 4.69) is 59.2 Å². The largest absolute Gasteiger partial charge is 0.423 e. The molecule has 0 N–H and O–H groups in total. The third kappa shape index (κ3) is 21.6. The first-order valence-electron chi connectivity index (χ1n) is 27.2.